The van der Waals surface area contributed by atoms with Crippen LogP contribution < -0.4 is 5.56 Å². The molecule has 0 N–H and O–H groups in total. The molecular formula is C18H10Cl2N4OS. The quantitative estimate of drug-likeness (QED) is 0.500. The van der Waals surface area contributed by atoms with Crippen LogP contribution in [0, 0.1) is 0 Å². The van der Waals surface area contributed by atoms with Gasteiger partial charge in [-0.25, -0.2) is 4.98 Å². The van der Waals surface area contributed by atoms with E-state index >= 15 is 0 Å². The number of pyridine rings is 1. The zero-order chi connectivity index (χ0) is 18.1. The lowest BCUT2D eigenvalue weighted by molar-refractivity contribution is 0.901. The highest BCUT2D eigenvalue weighted by Gasteiger charge is 2.11. The van der Waals surface area contributed by atoms with Crippen LogP contribution in [-0.4, -0.2) is 19.6 Å². The van der Waals surface area contributed by atoms with Gasteiger partial charge in [0.25, 0.3) is 5.56 Å². The molecule has 0 aliphatic heterocycles. The van der Waals surface area contributed by atoms with Gasteiger partial charge in [0.2, 0.25) is 4.96 Å². The maximum absolute atomic E-state index is 12.4. The molecular weight excluding hydrogens is 391 g/mol. The Bertz CT molecular complexity index is 1180. The molecule has 5 nitrogen and oxygen atoms in total. The summed E-state index contributed by atoms with van der Waals surface area (Å²) in [4.78, 5) is 21.4. The summed E-state index contributed by atoms with van der Waals surface area (Å²) in [5.41, 5.74) is 2.02. The molecule has 0 bridgehead atoms. The fourth-order valence-electron chi connectivity index (χ4n) is 2.32. The zero-order valence-corrected chi connectivity index (χ0v) is 15.5. The summed E-state index contributed by atoms with van der Waals surface area (Å²) in [5.74, 6) is 0. The summed E-state index contributed by atoms with van der Waals surface area (Å²) < 4.78 is 1.28. The second-order valence-electron chi connectivity index (χ2n) is 5.37. The molecule has 0 atom stereocenters. The van der Waals surface area contributed by atoms with Gasteiger partial charge in [-0.1, -0.05) is 52.7 Å². The number of fused-ring (bicyclic) bond motifs is 1. The Morgan fingerprint density at radius 3 is 2.73 bits per heavy atom. The fourth-order valence-corrected chi connectivity index (χ4v) is 3.52. The van der Waals surface area contributed by atoms with Crippen molar-refractivity contribution in [3.63, 3.8) is 0 Å². The molecule has 0 unspecified atom stereocenters. The van der Waals surface area contributed by atoms with E-state index in [0.29, 0.717) is 25.7 Å². The number of hydrogen-bond donors (Lipinski definition) is 0. The molecule has 0 amide bonds. The van der Waals surface area contributed by atoms with Gasteiger partial charge in [-0.2, -0.15) is 9.61 Å². The first-order valence-corrected chi connectivity index (χ1v) is 9.12. The van der Waals surface area contributed by atoms with Crippen LogP contribution in [0.3, 0.4) is 0 Å². The second kappa shape index (κ2) is 6.99. The van der Waals surface area contributed by atoms with Gasteiger partial charge in [-0.05, 0) is 29.8 Å². The molecule has 26 heavy (non-hydrogen) atoms. The van der Waals surface area contributed by atoms with Crippen LogP contribution in [-0.2, 0) is 0 Å². The topological polar surface area (TPSA) is 60.2 Å². The molecule has 3 heterocycles. The van der Waals surface area contributed by atoms with Gasteiger partial charge in [-0.3, -0.25) is 9.78 Å². The molecule has 0 aliphatic rings. The number of benzene rings is 1. The molecule has 0 spiro atoms. The lowest BCUT2D eigenvalue weighted by Crippen LogP contribution is -2.14. The predicted molar refractivity (Wildman–Crippen MR) is 106 cm³/mol. The number of rotatable bonds is 3. The normalized spacial score (nSPS) is 11.5. The van der Waals surface area contributed by atoms with E-state index in [1.165, 1.54) is 21.9 Å². The van der Waals surface area contributed by atoms with E-state index in [1.54, 1.807) is 36.7 Å². The summed E-state index contributed by atoms with van der Waals surface area (Å²) in [5, 5.41) is 5.88. The van der Waals surface area contributed by atoms with Crippen LogP contribution in [0.2, 0.25) is 10.0 Å². The third-order valence-electron chi connectivity index (χ3n) is 3.56. The maximum atomic E-state index is 12.4. The first-order chi connectivity index (χ1) is 12.6. The van der Waals surface area contributed by atoms with Gasteiger partial charge in [-0.15, -0.1) is 0 Å². The standard InChI is InChI=1S/C18H10Cl2N4OS/c19-14-6-4-12(8-15(14)20)17-23-24-16(25)9-13(22-18(24)26-17)5-3-11-2-1-7-21-10-11/h1-10H/b5-3+. The molecule has 0 aliphatic carbocycles. The van der Waals surface area contributed by atoms with Gasteiger partial charge in [0.05, 0.1) is 15.7 Å². The predicted octanol–water partition coefficient (Wildman–Crippen LogP) is 4.69. The number of hydrogen-bond acceptors (Lipinski definition) is 5. The summed E-state index contributed by atoms with van der Waals surface area (Å²) in [6, 6.07) is 10.4. The molecule has 4 aromatic rings. The molecule has 0 saturated carbocycles. The molecule has 4 rings (SSSR count). The lowest BCUT2D eigenvalue weighted by Gasteiger charge is -1.97. The van der Waals surface area contributed by atoms with Crippen LogP contribution in [0.5, 0.6) is 0 Å². The first-order valence-electron chi connectivity index (χ1n) is 7.54. The van der Waals surface area contributed by atoms with Gasteiger partial charge in [0.1, 0.15) is 5.01 Å². The average Bonchev–Trinajstić information content (AvgIpc) is 3.08. The lowest BCUT2D eigenvalue weighted by atomic mass is 10.2. The van der Waals surface area contributed by atoms with E-state index in [2.05, 4.69) is 15.1 Å². The third kappa shape index (κ3) is 3.39. The van der Waals surface area contributed by atoms with E-state index in [1.807, 2.05) is 18.2 Å². The van der Waals surface area contributed by atoms with Crippen LogP contribution in [0.25, 0.3) is 27.7 Å². The highest BCUT2D eigenvalue weighted by Crippen LogP contribution is 2.30. The Labute approximate surface area is 162 Å². The van der Waals surface area contributed by atoms with E-state index in [0.717, 1.165) is 11.1 Å². The third-order valence-corrected chi connectivity index (χ3v) is 5.26. The highest BCUT2D eigenvalue weighted by atomic mass is 35.5. The first kappa shape index (κ1) is 16.9. The van der Waals surface area contributed by atoms with Crippen LogP contribution >= 0.6 is 34.5 Å². The van der Waals surface area contributed by atoms with Crippen LogP contribution in [0.4, 0.5) is 0 Å². The monoisotopic (exact) mass is 400 g/mol. The van der Waals surface area contributed by atoms with Crippen molar-refractivity contribution in [1.82, 2.24) is 19.6 Å². The van der Waals surface area contributed by atoms with Gasteiger partial charge < -0.3 is 0 Å². The maximum Gasteiger partial charge on any atom is 0.275 e. The summed E-state index contributed by atoms with van der Waals surface area (Å²) >= 11 is 13.3. The van der Waals surface area contributed by atoms with E-state index in [4.69, 9.17) is 23.2 Å². The van der Waals surface area contributed by atoms with Gasteiger partial charge in [0.15, 0.2) is 0 Å². The molecule has 3 aromatic heterocycles. The molecule has 8 heteroatoms. The van der Waals surface area contributed by atoms with Crippen molar-refractivity contribution in [2.45, 2.75) is 0 Å². The smallest absolute Gasteiger partial charge is 0.267 e. The SMILES string of the molecule is O=c1cc(/C=C/c2cccnc2)nc2sc(-c3ccc(Cl)c(Cl)c3)nn12. The Hall–Kier alpha value is -2.54. The van der Waals surface area contributed by atoms with E-state index in [-0.39, 0.29) is 5.56 Å². The fraction of sp³-hybridized carbons (Fsp3) is 0. The Kier molecular flexibility index (Phi) is 4.55. The van der Waals surface area contributed by atoms with Gasteiger partial charge >= 0.3 is 0 Å². The molecule has 0 saturated heterocycles. The largest absolute Gasteiger partial charge is 0.275 e. The number of nitrogens with zero attached hydrogens (tertiary/aromatic N) is 4. The highest BCUT2D eigenvalue weighted by molar-refractivity contribution is 7.19. The van der Waals surface area contributed by atoms with Crippen molar-refractivity contribution in [3.8, 4) is 10.6 Å². The molecule has 1 aromatic carbocycles. The summed E-state index contributed by atoms with van der Waals surface area (Å²) in [6.45, 7) is 0. The van der Waals surface area contributed by atoms with Crippen molar-refractivity contribution >= 4 is 51.7 Å². The molecule has 0 radical (unpaired) electrons. The van der Waals surface area contributed by atoms with Crippen molar-refractivity contribution in [2.75, 3.05) is 0 Å². The Morgan fingerprint density at radius 2 is 1.96 bits per heavy atom. The zero-order valence-electron chi connectivity index (χ0n) is 13.1. The minimum Gasteiger partial charge on any atom is -0.267 e. The summed E-state index contributed by atoms with van der Waals surface area (Å²) in [7, 11) is 0. The second-order valence-corrected chi connectivity index (χ2v) is 7.14. The average molecular weight is 401 g/mol. The minimum atomic E-state index is -0.247. The Morgan fingerprint density at radius 1 is 1.08 bits per heavy atom. The van der Waals surface area contributed by atoms with E-state index in [9.17, 15) is 4.79 Å². The van der Waals surface area contributed by atoms with Crippen LogP contribution in [0.1, 0.15) is 11.3 Å². The van der Waals surface area contributed by atoms with Crippen molar-refractivity contribution in [3.05, 3.63) is 80.4 Å². The minimum absolute atomic E-state index is 0.247. The molecule has 128 valence electrons. The van der Waals surface area contributed by atoms with Crippen molar-refractivity contribution in [2.24, 2.45) is 0 Å². The van der Waals surface area contributed by atoms with Crippen molar-refractivity contribution in [1.29, 1.82) is 0 Å². The van der Waals surface area contributed by atoms with Crippen molar-refractivity contribution < 1.29 is 0 Å². The Balaban J connectivity index is 1.74. The molecule has 0 fully saturated rings. The number of halogens is 2. The summed E-state index contributed by atoms with van der Waals surface area (Å²) in [6.07, 6.45) is 7.07. The van der Waals surface area contributed by atoms with Crippen LogP contribution in [0.15, 0.2) is 53.6 Å². The van der Waals surface area contributed by atoms with Gasteiger partial charge in [0, 0.05) is 24.0 Å². The van der Waals surface area contributed by atoms with E-state index < -0.39 is 0 Å². The number of aromatic nitrogens is 4.